The molecule has 0 radical (unpaired) electrons. The molecule has 0 saturated carbocycles. The van der Waals surface area contributed by atoms with Crippen LogP contribution < -0.4 is 10.2 Å². The number of H-pyrrole nitrogens is 1. The lowest BCUT2D eigenvalue weighted by Gasteiger charge is -2.37. The fraction of sp³-hybridized carbons (Fsp3) is 0.308. The number of fused-ring (bicyclic) bond motifs is 2. The van der Waals surface area contributed by atoms with E-state index in [0.717, 1.165) is 10.9 Å². The lowest BCUT2D eigenvalue weighted by Crippen LogP contribution is -2.52. The van der Waals surface area contributed by atoms with E-state index >= 15 is 0 Å². The maximum absolute atomic E-state index is 14.6. The van der Waals surface area contributed by atoms with Crippen LogP contribution in [0, 0.1) is 5.82 Å². The zero-order valence-electron chi connectivity index (χ0n) is 19.4. The number of carbonyl (C=O) groups excluding carboxylic acids is 4. The van der Waals surface area contributed by atoms with E-state index in [1.807, 2.05) is 35.4 Å². The SMILES string of the molecule is O=C1CCC(N2Cc3c(cc(F)cc3N3CCN(C(=O)c4cccc5cc[nH]c45)CC3)C2=O)C(=O)N1. The van der Waals surface area contributed by atoms with Crippen LogP contribution in [0.3, 0.4) is 0 Å². The molecule has 4 heterocycles. The third kappa shape index (κ3) is 3.60. The summed E-state index contributed by atoms with van der Waals surface area (Å²) < 4.78 is 14.6. The number of nitrogens with zero attached hydrogens (tertiary/aromatic N) is 3. The summed E-state index contributed by atoms with van der Waals surface area (Å²) in [6.07, 6.45) is 2.21. The molecule has 0 bridgehead atoms. The molecule has 1 aromatic heterocycles. The molecule has 3 aliphatic heterocycles. The predicted molar refractivity (Wildman–Crippen MR) is 129 cm³/mol. The minimum absolute atomic E-state index is 0.0635. The molecule has 10 heteroatoms. The first kappa shape index (κ1) is 22.3. The Balaban J connectivity index is 1.21. The molecule has 6 rings (SSSR count). The Bertz CT molecular complexity index is 1420. The van der Waals surface area contributed by atoms with Gasteiger partial charge in [-0.2, -0.15) is 0 Å². The van der Waals surface area contributed by atoms with Gasteiger partial charge in [-0.25, -0.2) is 4.39 Å². The first-order valence-electron chi connectivity index (χ1n) is 12.0. The van der Waals surface area contributed by atoms with Crippen molar-refractivity contribution in [3.05, 3.63) is 65.1 Å². The van der Waals surface area contributed by atoms with Crippen LogP contribution in [0.1, 0.15) is 39.1 Å². The van der Waals surface area contributed by atoms with E-state index in [-0.39, 0.29) is 36.8 Å². The molecule has 4 amide bonds. The normalized spacial score (nSPS) is 20.2. The molecule has 2 aromatic carbocycles. The summed E-state index contributed by atoms with van der Waals surface area (Å²) in [6.45, 7) is 2.03. The average molecular weight is 490 g/mol. The number of aromatic amines is 1. The van der Waals surface area contributed by atoms with Crippen molar-refractivity contribution in [3.63, 3.8) is 0 Å². The molecule has 3 aromatic rings. The van der Waals surface area contributed by atoms with Crippen molar-refractivity contribution < 1.29 is 23.6 Å². The lowest BCUT2D eigenvalue weighted by atomic mass is 10.0. The van der Waals surface area contributed by atoms with E-state index in [1.54, 1.807) is 4.90 Å². The Labute approximate surface area is 205 Å². The van der Waals surface area contributed by atoms with Crippen molar-refractivity contribution in [2.75, 3.05) is 31.1 Å². The molecule has 2 saturated heterocycles. The summed E-state index contributed by atoms with van der Waals surface area (Å²) >= 11 is 0. The summed E-state index contributed by atoms with van der Waals surface area (Å²) in [5.41, 5.74) is 2.93. The Morgan fingerprint density at radius 3 is 2.61 bits per heavy atom. The van der Waals surface area contributed by atoms with Crippen molar-refractivity contribution in [1.29, 1.82) is 0 Å². The van der Waals surface area contributed by atoms with Crippen LogP contribution in [-0.4, -0.2) is 70.6 Å². The van der Waals surface area contributed by atoms with Gasteiger partial charge in [-0.15, -0.1) is 0 Å². The monoisotopic (exact) mass is 489 g/mol. The predicted octanol–water partition coefficient (Wildman–Crippen LogP) is 2.03. The molecule has 0 aliphatic carbocycles. The Hall–Kier alpha value is -4.21. The Morgan fingerprint density at radius 1 is 1.03 bits per heavy atom. The van der Waals surface area contributed by atoms with Crippen LogP contribution in [0.4, 0.5) is 10.1 Å². The van der Waals surface area contributed by atoms with Crippen LogP contribution in [0.2, 0.25) is 0 Å². The number of para-hydroxylation sites is 1. The molecule has 36 heavy (non-hydrogen) atoms. The fourth-order valence-electron chi connectivity index (χ4n) is 5.47. The van der Waals surface area contributed by atoms with Gasteiger partial charge in [-0.05, 0) is 30.7 Å². The minimum atomic E-state index is -0.760. The average Bonchev–Trinajstić information content (AvgIpc) is 3.48. The number of anilines is 1. The molecule has 0 spiro atoms. The molecule has 2 fully saturated rings. The standard InChI is InChI=1S/C26H24FN5O4/c27-16-12-18-19(14-32(26(18)36)20-4-5-22(33)29-24(20)34)21(13-16)30-8-10-31(11-9-30)25(35)17-3-1-2-15-6-7-28-23(15)17/h1-3,6-7,12-13,20,28H,4-5,8-11,14H2,(H,29,33,34). The van der Waals surface area contributed by atoms with Gasteiger partial charge in [-0.1, -0.05) is 12.1 Å². The highest BCUT2D eigenvalue weighted by Crippen LogP contribution is 2.35. The second-order valence-electron chi connectivity index (χ2n) is 9.38. The van der Waals surface area contributed by atoms with Crippen LogP contribution >= 0.6 is 0 Å². The number of benzene rings is 2. The van der Waals surface area contributed by atoms with Crippen molar-refractivity contribution in [3.8, 4) is 0 Å². The maximum Gasteiger partial charge on any atom is 0.256 e. The smallest absolute Gasteiger partial charge is 0.256 e. The summed E-state index contributed by atoms with van der Waals surface area (Å²) in [5.74, 6) is -1.86. The van der Waals surface area contributed by atoms with E-state index in [9.17, 15) is 23.6 Å². The van der Waals surface area contributed by atoms with Crippen molar-refractivity contribution >= 4 is 40.2 Å². The molecule has 9 nitrogen and oxygen atoms in total. The molecular formula is C26H24FN5O4. The zero-order chi connectivity index (χ0) is 25.0. The second-order valence-corrected chi connectivity index (χ2v) is 9.38. The highest BCUT2D eigenvalue weighted by molar-refractivity contribution is 6.07. The van der Waals surface area contributed by atoms with E-state index in [1.165, 1.54) is 17.0 Å². The second kappa shape index (κ2) is 8.47. The Kier molecular flexibility index (Phi) is 5.24. The molecule has 1 atom stereocenters. The third-order valence-corrected chi connectivity index (χ3v) is 7.32. The van der Waals surface area contributed by atoms with Crippen LogP contribution in [-0.2, 0) is 16.1 Å². The van der Waals surface area contributed by atoms with E-state index in [0.29, 0.717) is 43.0 Å². The number of nitrogens with one attached hydrogen (secondary N) is 2. The number of piperidine rings is 1. The van der Waals surface area contributed by atoms with Gasteiger partial charge in [0.1, 0.15) is 11.9 Å². The number of imide groups is 1. The lowest BCUT2D eigenvalue weighted by molar-refractivity contribution is -0.136. The van der Waals surface area contributed by atoms with E-state index in [4.69, 9.17) is 0 Å². The van der Waals surface area contributed by atoms with Gasteiger partial charge in [0.25, 0.3) is 11.8 Å². The number of carbonyl (C=O) groups is 4. The largest absolute Gasteiger partial charge is 0.368 e. The summed E-state index contributed by atoms with van der Waals surface area (Å²) in [4.78, 5) is 58.6. The van der Waals surface area contributed by atoms with Gasteiger partial charge >= 0.3 is 0 Å². The topological polar surface area (TPSA) is 106 Å². The number of rotatable bonds is 3. The van der Waals surface area contributed by atoms with Crippen molar-refractivity contribution in [1.82, 2.24) is 20.1 Å². The zero-order valence-corrected chi connectivity index (χ0v) is 19.4. The minimum Gasteiger partial charge on any atom is -0.368 e. The van der Waals surface area contributed by atoms with Gasteiger partial charge in [-0.3, -0.25) is 24.5 Å². The molecule has 1 unspecified atom stereocenters. The number of hydrogen-bond acceptors (Lipinski definition) is 5. The first-order valence-corrected chi connectivity index (χ1v) is 12.0. The van der Waals surface area contributed by atoms with Gasteiger partial charge in [0.05, 0.1) is 11.1 Å². The van der Waals surface area contributed by atoms with Gasteiger partial charge in [0, 0.05) is 67.5 Å². The van der Waals surface area contributed by atoms with Crippen LogP contribution in [0.25, 0.3) is 10.9 Å². The number of amides is 4. The number of aromatic nitrogens is 1. The van der Waals surface area contributed by atoms with E-state index in [2.05, 4.69) is 10.3 Å². The number of halogens is 1. The number of piperazine rings is 1. The van der Waals surface area contributed by atoms with Crippen molar-refractivity contribution in [2.45, 2.75) is 25.4 Å². The number of hydrogen-bond donors (Lipinski definition) is 2. The van der Waals surface area contributed by atoms with Crippen LogP contribution in [0.5, 0.6) is 0 Å². The van der Waals surface area contributed by atoms with Crippen molar-refractivity contribution in [2.24, 2.45) is 0 Å². The van der Waals surface area contributed by atoms with Gasteiger partial charge in [0.2, 0.25) is 11.8 Å². The quantitative estimate of drug-likeness (QED) is 0.548. The molecule has 2 N–H and O–H groups in total. The molecular weight excluding hydrogens is 465 g/mol. The summed E-state index contributed by atoms with van der Waals surface area (Å²) in [6, 6.07) is 9.41. The first-order chi connectivity index (χ1) is 17.4. The summed E-state index contributed by atoms with van der Waals surface area (Å²) in [7, 11) is 0. The highest BCUT2D eigenvalue weighted by Gasteiger charge is 2.41. The molecule has 184 valence electrons. The highest BCUT2D eigenvalue weighted by atomic mass is 19.1. The van der Waals surface area contributed by atoms with E-state index < -0.39 is 23.7 Å². The van der Waals surface area contributed by atoms with Gasteiger partial charge in [0.15, 0.2) is 0 Å². The maximum atomic E-state index is 14.6. The van der Waals surface area contributed by atoms with Crippen LogP contribution in [0.15, 0.2) is 42.6 Å². The Morgan fingerprint density at radius 2 is 1.83 bits per heavy atom. The fourth-order valence-corrected chi connectivity index (χ4v) is 5.47. The summed E-state index contributed by atoms with van der Waals surface area (Å²) in [5, 5.41) is 3.26. The molecule has 3 aliphatic rings. The van der Waals surface area contributed by atoms with Gasteiger partial charge < -0.3 is 19.7 Å². The third-order valence-electron chi connectivity index (χ3n) is 7.32.